The first-order chi connectivity index (χ1) is 9.92. The van der Waals surface area contributed by atoms with Crippen molar-refractivity contribution in [1.82, 2.24) is 35.3 Å². The van der Waals surface area contributed by atoms with Crippen molar-refractivity contribution in [2.45, 2.75) is 13.0 Å². The largest absolute Gasteiger partial charge is 0.312 e. The Bertz CT molecular complexity index is 712. The summed E-state index contributed by atoms with van der Waals surface area (Å²) in [6.07, 6.45) is 4.53. The average molecular weight is 267 g/mol. The molecular formula is C13H13N7. The van der Waals surface area contributed by atoms with Crippen LogP contribution in [0.3, 0.4) is 0 Å². The van der Waals surface area contributed by atoms with E-state index >= 15 is 0 Å². The lowest BCUT2D eigenvalue weighted by Gasteiger charge is -2.15. The van der Waals surface area contributed by atoms with Crippen LogP contribution in [0.15, 0.2) is 36.8 Å². The molecule has 0 unspecified atom stereocenters. The Labute approximate surface area is 115 Å². The molecule has 0 spiro atoms. The molecule has 1 aliphatic rings. The van der Waals surface area contributed by atoms with Gasteiger partial charge in [-0.2, -0.15) is 5.10 Å². The second-order valence-corrected chi connectivity index (χ2v) is 4.73. The number of hydrogen-bond acceptors (Lipinski definition) is 5. The van der Waals surface area contributed by atoms with Crippen LogP contribution >= 0.6 is 0 Å². The first-order valence-electron chi connectivity index (χ1n) is 6.52. The molecule has 0 radical (unpaired) electrons. The summed E-state index contributed by atoms with van der Waals surface area (Å²) in [5.74, 6) is 0. The lowest BCUT2D eigenvalue weighted by Crippen LogP contribution is -2.24. The average Bonchev–Trinajstić information content (AvgIpc) is 3.17. The minimum absolute atomic E-state index is 0.901. The van der Waals surface area contributed by atoms with Crippen LogP contribution in [-0.2, 0) is 13.0 Å². The van der Waals surface area contributed by atoms with Gasteiger partial charge in [0.2, 0.25) is 0 Å². The molecule has 3 aromatic rings. The summed E-state index contributed by atoms with van der Waals surface area (Å²) in [5, 5.41) is 19.0. The summed E-state index contributed by atoms with van der Waals surface area (Å²) >= 11 is 0. The van der Waals surface area contributed by atoms with Crippen LogP contribution in [0, 0.1) is 0 Å². The Hall–Kier alpha value is -2.54. The maximum Gasteiger partial charge on any atom is 0.143 e. The maximum absolute atomic E-state index is 4.49. The highest BCUT2D eigenvalue weighted by molar-refractivity contribution is 5.42. The van der Waals surface area contributed by atoms with Crippen LogP contribution in [0.2, 0.25) is 0 Å². The van der Waals surface area contributed by atoms with Crippen LogP contribution in [-0.4, -0.2) is 36.5 Å². The second kappa shape index (κ2) is 4.53. The lowest BCUT2D eigenvalue weighted by molar-refractivity contribution is 0.623. The highest BCUT2D eigenvalue weighted by Gasteiger charge is 2.15. The molecule has 7 nitrogen and oxygen atoms in total. The third-order valence-corrected chi connectivity index (χ3v) is 3.52. The Morgan fingerprint density at radius 2 is 1.95 bits per heavy atom. The van der Waals surface area contributed by atoms with E-state index in [1.165, 1.54) is 11.3 Å². The van der Waals surface area contributed by atoms with Crippen molar-refractivity contribution in [3.63, 3.8) is 0 Å². The van der Waals surface area contributed by atoms with Gasteiger partial charge in [-0.05, 0) is 34.7 Å². The highest BCUT2D eigenvalue weighted by Crippen LogP contribution is 2.19. The molecule has 1 aromatic carbocycles. The highest BCUT2D eigenvalue weighted by atomic mass is 15.5. The molecule has 2 aromatic heterocycles. The van der Waals surface area contributed by atoms with E-state index in [2.05, 4.69) is 25.9 Å². The van der Waals surface area contributed by atoms with Crippen LogP contribution in [0.25, 0.3) is 11.4 Å². The maximum atomic E-state index is 4.49. The van der Waals surface area contributed by atoms with E-state index in [4.69, 9.17) is 0 Å². The molecule has 0 saturated carbocycles. The summed E-state index contributed by atoms with van der Waals surface area (Å²) in [7, 11) is 0. The van der Waals surface area contributed by atoms with Gasteiger partial charge in [0, 0.05) is 30.8 Å². The number of tetrazole rings is 1. The molecule has 0 aliphatic carbocycles. The Morgan fingerprint density at radius 1 is 1.10 bits per heavy atom. The standard InChI is InChI=1S/C13H13N7/c1-3-12(4-2-11(1)19-9-15-17-18-19)20-13-5-6-14-7-10(13)8-16-20/h1-4,8-9,14H,5-7H2. The normalized spacial score (nSPS) is 14.2. The zero-order valence-electron chi connectivity index (χ0n) is 10.8. The SMILES string of the molecule is c1cc(-n2ncc3c2CCNC3)ccc1-n1cnnn1. The van der Waals surface area contributed by atoms with E-state index in [0.29, 0.717) is 0 Å². The van der Waals surface area contributed by atoms with E-state index in [1.807, 2.05) is 35.1 Å². The molecule has 0 saturated heterocycles. The fourth-order valence-electron chi connectivity index (χ4n) is 2.50. The molecule has 0 atom stereocenters. The van der Waals surface area contributed by atoms with Crippen molar-refractivity contribution in [2.75, 3.05) is 6.54 Å². The van der Waals surface area contributed by atoms with Crippen molar-refractivity contribution >= 4 is 0 Å². The van der Waals surface area contributed by atoms with Crippen molar-refractivity contribution < 1.29 is 0 Å². The predicted octanol–water partition coefficient (Wildman–Crippen LogP) is 0.494. The summed E-state index contributed by atoms with van der Waals surface area (Å²) in [6, 6.07) is 8.04. The predicted molar refractivity (Wildman–Crippen MR) is 71.7 cm³/mol. The fourth-order valence-corrected chi connectivity index (χ4v) is 2.50. The van der Waals surface area contributed by atoms with Crippen LogP contribution in [0.5, 0.6) is 0 Å². The molecule has 7 heteroatoms. The number of benzene rings is 1. The van der Waals surface area contributed by atoms with Crippen molar-refractivity contribution in [3.05, 3.63) is 48.0 Å². The molecule has 0 fully saturated rings. The fraction of sp³-hybridized carbons (Fsp3) is 0.231. The molecule has 0 bridgehead atoms. The van der Waals surface area contributed by atoms with Gasteiger partial charge in [0.15, 0.2) is 0 Å². The van der Waals surface area contributed by atoms with E-state index < -0.39 is 0 Å². The van der Waals surface area contributed by atoms with Crippen LogP contribution in [0.1, 0.15) is 11.3 Å². The molecule has 3 heterocycles. The summed E-state index contributed by atoms with van der Waals surface area (Å²) in [4.78, 5) is 0. The third-order valence-electron chi connectivity index (χ3n) is 3.52. The van der Waals surface area contributed by atoms with Gasteiger partial charge in [-0.1, -0.05) is 0 Å². The van der Waals surface area contributed by atoms with Gasteiger partial charge in [-0.25, -0.2) is 9.36 Å². The Balaban J connectivity index is 1.71. The van der Waals surface area contributed by atoms with E-state index in [9.17, 15) is 0 Å². The summed E-state index contributed by atoms with van der Waals surface area (Å²) in [6.45, 7) is 1.90. The summed E-state index contributed by atoms with van der Waals surface area (Å²) in [5.41, 5.74) is 4.56. The van der Waals surface area contributed by atoms with E-state index in [1.54, 1.807) is 11.0 Å². The van der Waals surface area contributed by atoms with Crippen LogP contribution < -0.4 is 5.32 Å². The van der Waals surface area contributed by atoms with Gasteiger partial charge in [-0.15, -0.1) is 5.10 Å². The number of nitrogens with zero attached hydrogens (tertiary/aromatic N) is 6. The molecule has 4 rings (SSSR count). The smallest absolute Gasteiger partial charge is 0.143 e. The van der Waals surface area contributed by atoms with Crippen molar-refractivity contribution in [2.24, 2.45) is 0 Å². The first-order valence-corrected chi connectivity index (χ1v) is 6.52. The molecule has 20 heavy (non-hydrogen) atoms. The summed E-state index contributed by atoms with van der Waals surface area (Å²) < 4.78 is 3.64. The number of nitrogens with one attached hydrogen (secondary N) is 1. The second-order valence-electron chi connectivity index (χ2n) is 4.73. The minimum Gasteiger partial charge on any atom is -0.312 e. The lowest BCUT2D eigenvalue weighted by atomic mass is 10.1. The Kier molecular flexibility index (Phi) is 2.56. The third kappa shape index (κ3) is 1.79. The Morgan fingerprint density at radius 3 is 2.75 bits per heavy atom. The molecule has 100 valence electrons. The molecule has 1 aliphatic heterocycles. The van der Waals surface area contributed by atoms with E-state index in [0.717, 1.165) is 30.9 Å². The zero-order valence-corrected chi connectivity index (χ0v) is 10.8. The van der Waals surface area contributed by atoms with Gasteiger partial charge >= 0.3 is 0 Å². The van der Waals surface area contributed by atoms with Gasteiger partial charge < -0.3 is 5.32 Å². The number of aromatic nitrogens is 6. The number of hydrogen-bond donors (Lipinski definition) is 1. The molecular weight excluding hydrogens is 254 g/mol. The van der Waals surface area contributed by atoms with Crippen molar-refractivity contribution in [3.8, 4) is 11.4 Å². The number of rotatable bonds is 2. The van der Waals surface area contributed by atoms with Gasteiger partial charge in [0.1, 0.15) is 6.33 Å². The quantitative estimate of drug-likeness (QED) is 0.731. The molecule has 0 amide bonds. The van der Waals surface area contributed by atoms with Gasteiger partial charge in [0.25, 0.3) is 0 Å². The topological polar surface area (TPSA) is 73.5 Å². The molecule has 1 N–H and O–H groups in total. The van der Waals surface area contributed by atoms with E-state index in [-0.39, 0.29) is 0 Å². The number of fused-ring (bicyclic) bond motifs is 1. The van der Waals surface area contributed by atoms with Crippen LogP contribution in [0.4, 0.5) is 0 Å². The van der Waals surface area contributed by atoms with Gasteiger partial charge in [-0.3, -0.25) is 0 Å². The zero-order chi connectivity index (χ0) is 13.4. The first kappa shape index (κ1) is 11.3. The van der Waals surface area contributed by atoms with Crippen molar-refractivity contribution in [1.29, 1.82) is 0 Å². The van der Waals surface area contributed by atoms with Gasteiger partial charge in [0.05, 0.1) is 17.6 Å². The monoisotopic (exact) mass is 267 g/mol. The minimum atomic E-state index is 0.901.